The molecule has 0 spiro atoms. The molecule has 0 saturated carbocycles. The number of aromatic nitrogens is 2. The molecule has 0 unspecified atom stereocenters. The Morgan fingerprint density at radius 3 is 2.76 bits per heavy atom. The minimum atomic E-state index is 0.562. The Hall–Kier alpha value is -1.75. The number of aryl methyl sites for hydroxylation is 1. The average Bonchev–Trinajstić information content (AvgIpc) is 2.78. The first-order valence-electron chi connectivity index (χ1n) is 7.53. The van der Waals surface area contributed by atoms with Crippen molar-refractivity contribution in [1.82, 2.24) is 14.5 Å². The Balaban J connectivity index is 2.04. The maximum atomic E-state index is 6.05. The van der Waals surface area contributed by atoms with Gasteiger partial charge in [-0.2, -0.15) is 0 Å². The highest BCUT2D eigenvalue weighted by Crippen LogP contribution is 2.26. The van der Waals surface area contributed by atoms with E-state index in [4.69, 9.17) is 10.5 Å². The zero-order valence-corrected chi connectivity index (χ0v) is 13.5. The molecule has 0 aliphatic heterocycles. The molecular weight excluding hydrogens is 264 g/mol. The van der Waals surface area contributed by atoms with Gasteiger partial charge in [-0.25, -0.2) is 4.98 Å². The third-order valence-electron chi connectivity index (χ3n) is 4.02. The van der Waals surface area contributed by atoms with Gasteiger partial charge in [-0.05, 0) is 52.4 Å². The van der Waals surface area contributed by atoms with E-state index in [1.165, 1.54) is 0 Å². The summed E-state index contributed by atoms with van der Waals surface area (Å²) in [7, 11) is 3.82. The van der Waals surface area contributed by atoms with E-state index in [9.17, 15) is 0 Å². The molecule has 1 heterocycles. The summed E-state index contributed by atoms with van der Waals surface area (Å²) in [6, 6.07) is 6.53. The van der Waals surface area contributed by atoms with Crippen LogP contribution in [0.5, 0.6) is 5.75 Å². The Bertz CT molecular complexity index is 591. The number of imidazole rings is 1. The molecule has 0 fully saturated rings. The van der Waals surface area contributed by atoms with Crippen LogP contribution in [0, 0.1) is 0 Å². The maximum absolute atomic E-state index is 6.05. The molecule has 0 aliphatic carbocycles. The maximum Gasteiger partial charge on any atom is 0.201 e. The molecular formula is C16H26N4O. The van der Waals surface area contributed by atoms with Gasteiger partial charge in [-0.1, -0.05) is 6.07 Å². The summed E-state index contributed by atoms with van der Waals surface area (Å²) < 4.78 is 7.42. The fourth-order valence-corrected chi connectivity index (χ4v) is 2.43. The minimum Gasteiger partial charge on any atom is -0.494 e. The topological polar surface area (TPSA) is 56.3 Å². The number of rotatable bonds is 7. The quantitative estimate of drug-likeness (QED) is 0.797. The zero-order valence-electron chi connectivity index (χ0n) is 13.5. The Morgan fingerprint density at radius 2 is 2.10 bits per heavy atom. The van der Waals surface area contributed by atoms with Crippen molar-refractivity contribution in [3.05, 3.63) is 18.2 Å². The van der Waals surface area contributed by atoms with E-state index in [1.807, 2.05) is 18.2 Å². The van der Waals surface area contributed by atoms with Crippen LogP contribution in [0.2, 0.25) is 0 Å². The van der Waals surface area contributed by atoms with E-state index in [0.717, 1.165) is 42.7 Å². The molecule has 2 rings (SSSR count). The molecule has 21 heavy (non-hydrogen) atoms. The fourth-order valence-electron chi connectivity index (χ4n) is 2.43. The second-order valence-electron chi connectivity index (χ2n) is 5.73. The highest BCUT2D eigenvalue weighted by atomic mass is 16.5. The fraction of sp³-hybridized carbons (Fsp3) is 0.562. The van der Waals surface area contributed by atoms with Crippen LogP contribution in [0.4, 0.5) is 5.95 Å². The lowest BCUT2D eigenvalue weighted by Crippen LogP contribution is -2.27. The summed E-state index contributed by atoms with van der Waals surface area (Å²) >= 11 is 0. The number of benzene rings is 1. The first-order chi connectivity index (χ1) is 10.0. The molecule has 2 N–H and O–H groups in total. The molecule has 0 atom stereocenters. The SMILES string of the molecule is COc1cccc2c1nc(N)n2CCCCN(C)C(C)C. The summed E-state index contributed by atoms with van der Waals surface area (Å²) in [5, 5.41) is 0. The number of nitrogens with zero attached hydrogens (tertiary/aromatic N) is 3. The highest BCUT2D eigenvalue weighted by Gasteiger charge is 2.11. The Morgan fingerprint density at radius 1 is 1.33 bits per heavy atom. The first kappa shape index (κ1) is 15.6. The summed E-state index contributed by atoms with van der Waals surface area (Å²) in [5.41, 5.74) is 7.94. The number of methoxy groups -OCH3 is 1. The lowest BCUT2D eigenvalue weighted by molar-refractivity contribution is 0.266. The molecule has 0 bridgehead atoms. The monoisotopic (exact) mass is 290 g/mol. The molecule has 2 aromatic rings. The molecule has 0 saturated heterocycles. The zero-order chi connectivity index (χ0) is 15.4. The van der Waals surface area contributed by atoms with Crippen LogP contribution in [0.1, 0.15) is 26.7 Å². The minimum absolute atomic E-state index is 0.562. The second kappa shape index (κ2) is 6.80. The number of nitrogens with two attached hydrogens (primary N) is 1. The molecule has 1 aromatic carbocycles. The Kier molecular flexibility index (Phi) is 5.07. The number of ether oxygens (including phenoxy) is 1. The molecule has 116 valence electrons. The molecule has 1 aromatic heterocycles. The summed E-state index contributed by atoms with van der Waals surface area (Å²) in [4.78, 5) is 6.79. The Labute approximate surface area is 126 Å². The molecule has 0 aliphatic rings. The lowest BCUT2D eigenvalue weighted by Gasteiger charge is -2.20. The second-order valence-corrected chi connectivity index (χ2v) is 5.73. The van der Waals surface area contributed by atoms with Gasteiger partial charge in [0.1, 0.15) is 11.3 Å². The van der Waals surface area contributed by atoms with Crippen molar-refractivity contribution in [2.24, 2.45) is 0 Å². The van der Waals surface area contributed by atoms with Crippen LogP contribution >= 0.6 is 0 Å². The van der Waals surface area contributed by atoms with E-state index < -0.39 is 0 Å². The van der Waals surface area contributed by atoms with Crippen molar-refractivity contribution in [3.8, 4) is 5.75 Å². The predicted octanol–water partition coefficient (Wildman–Crippen LogP) is 2.75. The smallest absolute Gasteiger partial charge is 0.201 e. The van der Waals surface area contributed by atoms with Gasteiger partial charge >= 0.3 is 0 Å². The van der Waals surface area contributed by atoms with Crippen molar-refractivity contribution < 1.29 is 4.74 Å². The van der Waals surface area contributed by atoms with E-state index in [0.29, 0.717) is 12.0 Å². The molecule has 0 amide bonds. The highest BCUT2D eigenvalue weighted by molar-refractivity contribution is 5.84. The molecule has 0 radical (unpaired) electrons. The van der Waals surface area contributed by atoms with Gasteiger partial charge in [0.25, 0.3) is 0 Å². The molecule has 5 heteroatoms. The van der Waals surface area contributed by atoms with Crippen LogP contribution in [-0.4, -0.2) is 41.2 Å². The summed E-state index contributed by atoms with van der Waals surface area (Å²) in [6.45, 7) is 6.43. The number of anilines is 1. The summed E-state index contributed by atoms with van der Waals surface area (Å²) in [6.07, 6.45) is 2.24. The van der Waals surface area contributed by atoms with E-state index in [-0.39, 0.29) is 0 Å². The number of para-hydroxylation sites is 1. The van der Waals surface area contributed by atoms with E-state index in [2.05, 4.69) is 35.3 Å². The van der Waals surface area contributed by atoms with Crippen molar-refractivity contribution in [2.45, 2.75) is 39.3 Å². The molecule has 5 nitrogen and oxygen atoms in total. The van der Waals surface area contributed by atoms with Gasteiger partial charge in [0.15, 0.2) is 0 Å². The number of unbranched alkanes of at least 4 members (excludes halogenated alkanes) is 1. The third-order valence-corrected chi connectivity index (χ3v) is 4.02. The van der Waals surface area contributed by atoms with Gasteiger partial charge in [0.05, 0.1) is 12.6 Å². The van der Waals surface area contributed by atoms with Crippen molar-refractivity contribution in [2.75, 3.05) is 26.4 Å². The number of fused-ring (bicyclic) bond motifs is 1. The van der Waals surface area contributed by atoms with Gasteiger partial charge in [-0.15, -0.1) is 0 Å². The van der Waals surface area contributed by atoms with Crippen LogP contribution in [0.15, 0.2) is 18.2 Å². The summed E-state index contributed by atoms with van der Waals surface area (Å²) in [5.74, 6) is 1.34. The van der Waals surface area contributed by atoms with E-state index in [1.54, 1.807) is 7.11 Å². The van der Waals surface area contributed by atoms with Gasteiger partial charge < -0.3 is 19.9 Å². The van der Waals surface area contributed by atoms with Gasteiger partial charge in [0, 0.05) is 12.6 Å². The largest absolute Gasteiger partial charge is 0.494 e. The van der Waals surface area contributed by atoms with Crippen molar-refractivity contribution >= 4 is 17.0 Å². The van der Waals surface area contributed by atoms with Crippen LogP contribution in [0.3, 0.4) is 0 Å². The third kappa shape index (κ3) is 3.47. The van der Waals surface area contributed by atoms with Gasteiger partial charge in [-0.3, -0.25) is 0 Å². The lowest BCUT2D eigenvalue weighted by atomic mass is 10.2. The number of nitrogen functional groups attached to an aromatic ring is 1. The normalized spacial score (nSPS) is 11.7. The van der Waals surface area contributed by atoms with Crippen molar-refractivity contribution in [3.63, 3.8) is 0 Å². The van der Waals surface area contributed by atoms with Crippen LogP contribution in [-0.2, 0) is 6.54 Å². The van der Waals surface area contributed by atoms with Crippen LogP contribution < -0.4 is 10.5 Å². The average molecular weight is 290 g/mol. The standard InChI is InChI=1S/C16H26N4O/c1-12(2)19(3)10-5-6-11-20-13-8-7-9-14(21-4)15(13)18-16(20)17/h7-9,12H,5-6,10-11H2,1-4H3,(H2,17,18). The predicted molar refractivity (Wildman–Crippen MR) is 87.7 cm³/mol. The first-order valence-corrected chi connectivity index (χ1v) is 7.53. The number of hydrogen-bond donors (Lipinski definition) is 1. The van der Waals surface area contributed by atoms with Crippen LogP contribution in [0.25, 0.3) is 11.0 Å². The number of hydrogen-bond acceptors (Lipinski definition) is 4. The van der Waals surface area contributed by atoms with Crippen molar-refractivity contribution in [1.29, 1.82) is 0 Å². The van der Waals surface area contributed by atoms with Gasteiger partial charge in [0.2, 0.25) is 5.95 Å². The van der Waals surface area contributed by atoms with E-state index >= 15 is 0 Å².